The number of non-ortho nitro benzene ring substituents is 1. The van der Waals surface area contributed by atoms with Gasteiger partial charge in [-0.1, -0.05) is 0 Å². The van der Waals surface area contributed by atoms with Crippen LogP contribution in [0.15, 0.2) is 60.8 Å². The lowest BCUT2D eigenvalue weighted by atomic mass is 10.1. The molecular weight excluding hydrogens is 424 g/mol. The van der Waals surface area contributed by atoms with E-state index in [1.54, 1.807) is 37.6 Å². The maximum atomic E-state index is 13.0. The van der Waals surface area contributed by atoms with Gasteiger partial charge in [0.25, 0.3) is 11.6 Å². The van der Waals surface area contributed by atoms with Crippen LogP contribution in [0.1, 0.15) is 28.8 Å². The van der Waals surface area contributed by atoms with Crippen LogP contribution in [0.25, 0.3) is 0 Å². The largest absolute Gasteiger partial charge is 0.497 e. The summed E-state index contributed by atoms with van der Waals surface area (Å²) in [6, 6.07) is 14.6. The molecule has 9 heteroatoms. The standard InChI is InChI=1S/C24H24N4O5/c1-32-19-5-7-20(8-6-19)33-22-9-4-18(28(30)31)15-21(22)24(29)26-16-17-10-11-25-23(14-17)27-12-2-3-13-27/h4-11,14-15H,2-3,12-13,16H2,1H3,(H,26,29). The Hall–Kier alpha value is -4.14. The van der Waals surface area contributed by atoms with Crippen LogP contribution in [0.2, 0.25) is 0 Å². The molecule has 3 aromatic rings. The first-order valence-electron chi connectivity index (χ1n) is 10.6. The first-order chi connectivity index (χ1) is 16.0. The molecule has 0 atom stereocenters. The van der Waals surface area contributed by atoms with E-state index in [1.165, 1.54) is 18.2 Å². The van der Waals surface area contributed by atoms with Gasteiger partial charge in [0.2, 0.25) is 0 Å². The van der Waals surface area contributed by atoms with Crippen molar-refractivity contribution in [1.29, 1.82) is 0 Å². The van der Waals surface area contributed by atoms with E-state index in [4.69, 9.17) is 9.47 Å². The van der Waals surface area contributed by atoms with Crippen LogP contribution in [0.4, 0.5) is 11.5 Å². The molecule has 1 aliphatic heterocycles. The third-order valence-corrected chi connectivity index (χ3v) is 5.40. The van der Waals surface area contributed by atoms with Crippen molar-refractivity contribution in [1.82, 2.24) is 10.3 Å². The van der Waals surface area contributed by atoms with Crippen molar-refractivity contribution in [3.05, 3.63) is 82.0 Å². The third kappa shape index (κ3) is 5.38. The normalized spacial score (nSPS) is 12.9. The van der Waals surface area contributed by atoms with Crippen LogP contribution in [0, 0.1) is 10.1 Å². The number of nitrogens with one attached hydrogen (secondary N) is 1. The zero-order valence-corrected chi connectivity index (χ0v) is 18.2. The molecular formula is C24H24N4O5. The molecule has 1 N–H and O–H groups in total. The van der Waals surface area contributed by atoms with Crippen molar-refractivity contribution < 1.29 is 19.2 Å². The van der Waals surface area contributed by atoms with Gasteiger partial charge < -0.3 is 19.7 Å². The molecule has 1 amide bonds. The van der Waals surface area contributed by atoms with E-state index in [0.29, 0.717) is 11.5 Å². The predicted octanol–water partition coefficient (Wildman–Crippen LogP) is 4.32. The summed E-state index contributed by atoms with van der Waals surface area (Å²) in [5.41, 5.74) is 0.777. The molecule has 0 aliphatic carbocycles. The molecule has 4 rings (SSSR count). The molecule has 170 valence electrons. The van der Waals surface area contributed by atoms with Crippen molar-refractivity contribution in [2.24, 2.45) is 0 Å². The van der Waals surface area contributed by atoms with E-state index in [2.05, 4.69) is 15.2 Å². The van der Waals surface area contributed by atoms with E-state index in [1.807, 2.05) is 12.1 Å². The fraction of sp³-hybridized carbons (Fsp3) is 0.250. The Bertz CT molecular complexity index is 1140. The highest BCUT2D eigenvalue weighted by Gasteiger charge is 2.19. The number of methoxy groups -OCH3 is 1. The van der Waals surface area contributed by atoms with Crippen LogP contribution in [-0.2, 0) is 6.54 Å². The van der Waals surface area contributed by atoms with E-state index >= 15 is 0 Å². The van der Waals surface area contributed by atoms with Crippen LogP contribution >= 0.6 is 0 Å². The molecule has 0 spiro atoms. The number of nitro benzene ring substituents is 1. The Morgan fingerprint density at radius 2 is 1.82 bits per heavy atom. The van der Waals surface area contributed by atoms with Gasteiger partial charge in [0.15, 0.2) is 0 Å². The van der Waals surface area contributed by atoms with Gasteiger partial charge in [-0.15, -0.1) is 0 Å². The SMILES string of the molecule is COc1ccc(Oc2ccc([N+](=O)[O-])cc2C(=O)NCc2ccnc(N3CCCC3)c2)cc1. The smallest absolute Gasteiger partial charge is 0.270 e. The lowest BCUT2D eigenvalue weighted by Crippen LogP contribution is -2.24. The molecule has 33 heavy (non-hydrogen) atoms. The molecule has 0 unspecified atom stereocenters. The summed E-state index contributed by atoms with van der Waals surface area (Å²) in [6.07, 6.45) is 4.01. The van der Waals surface area contributed by atoms with Crippen LogP contribution in [0.3, 0.4) is 0 Å². The van der Waals surface area contributed by atoms with Gasteiger partial charge in [0, 0.05) is 38.0 Å². The molecule has 1 fully saturated rings. The summed E-state index contributed by atoms with van der Waals surface area (Å²) in [5, 5.41) is 14.1. The fourth-order valence-electron chi connectivity index (χ4n) is 3.64. The number of pyridine rings is 1. The van der Waals surface area contributed by atoms with E-state index in [0.717, 1.165) is 37.3 Å². The van der Waals surface area contributed by atoms with Crippen molar-refractivity contribution in [2.75, 3.05) is 25.1 Å². The van der Waals surface area contributed by atoms with Gasteiger partial charge in [0.1, 0.15) is 23.1 Å². The number of anilines is 1. The average Bonchev–Trinajstić information content (AvgIpc) is 3.38. The Morgan fingerprint density at radius 3 is 2.52 bits per heavy atom. The number of ether oxygens (including phenoxy) is 2. The zero-order valence-electron chi connectivity index (χ0n) is 18.2. The van der Waals surface area contributed by atoms with E-state index in [9.17, 15) is 14.9 Å². The Balaban J connectivity index is 1.52. The van der Waals surface area contributed by atoms with Gasteiger partial charge in [-0.2, -0.15) is 0 Å². The molecule has 1 aromatic heterocycles. The highest BCUT2D eigenvalue weighted by molar-refractivity contribution is 5.97. The molecule has 0 bridgehead atoms. The minimum atomic E-state index is -0.543. The number of hydrogen-bond acceptors (Lipinski definition) is 7. The second kappa shape index (κ2) is 9.99. The van der Waals surface area contributed by atoms with Crippen molar-refractivity contribution in [3.63, 3.8) is 0 Å². The molecule has 1 saturated heterocycles. The first kappa shape index (κ1) is 22.1. The monoisotopic (exact) mass is 448 g/mol. The maximum absolute atomic E-state index is 13.0. The highest BCUT2D eigenvalue weighted by Crippen LogP contribution is 2.30. The number of aromatic nitrogens is 1. The van der Waals surface area contributed by atoms with Crippen LogP contribution in [0.5, 0.6) is 17.2 Å². The van der Waals surface area contributed by atoms with Gasteiger partial charge in [-0.3, -0.25) is 14.9 Å². The topological polar surface area (TPSA) is 107 Å². The summed E-state index contributed by atoms with van der Waals surface area (Å²) < 4.78 is 11.0. The molecule has 2 aromatic carbocycles. The van der Waals surface area contributed by atoms with Gasteiger partial charge in [-0.25, -0.2) is 4.98 Å². The van der Waals surface area contributed by atoms with E-state index in [-0.39, 0.29) is 23.5 Å². The lowest BCUT2D eigenvalue weighted by Gasteiger charge is -2.17. The zero-order chi connectivity index (χ0) is 23.2. The first-order valence-corrected chi connectivity index (χ1v) is 10.6. The molecule has 0 radical (unpaired) electrons. The summed E-state index contributed by atoms with van der Waals surface area (Å²) in [4.78, 5) is 30.3. The van der Waals surface area contributed by atoms with Gasteiger partial charge in [-0.05, 0) is 60.9 Å². The predicted molar refractivity (Wildman–Crippen MR) is 123 cm³/mol. The average molecular weight is 448 g/mol. The molecule has 9 nitrogen and oxygen atoms in total. The lowest BCUT2D eigenvalue weighted by molar-refractivity contribution is -0.384. The summed E-state index contributed by atoms with van der Waals surface area (Å²) in [7, 11) is 1.56. The molecule has 2 heterocycles. The minimum absolute atomic E-state index is 0.0776. The molecule has 0 saturated carbocycles. The summed E-state index contributed by atoms with van der Waals surface area (Å²) in [5.74, 6) is 1.77. The number of amides is 1. The summed E-state index contributed by atoms with van der Waals surface area (Å²) in [6.45, 7) is 2.21. The fourth-order valence-corrected chi connectivity index (χ4v) is 3.64. The van der Waals surface area contributed by atoms with E-state index < -0.39 is 10.8 Å². The highest BCUT2D eigenvalue weighted by atomic mass is 16.6. The third-order valence-electron chi connectivity index (χ3n) is 5.40. The second-order valence-corrected chi connectivity index (χ2v) is 7.61. The minimum Gasteiger partial charge on any atom is -0.497 e. The van der Waals surface area contributed by atoms with Crippen LogP contribution < -0.4 is 19.7 Å². The number of carbonyl (C=O) groups excluding carboxylic acids is 1. The van der Waals surface area contributed by atoms with Crippen molar-refractivity contribution >= 4 is 17.4 Å². The number of nitrogens with zero attached hydrogens (tertiary/aromatic N) is 3. The van der Waals surface area contributed by atoms with Crippen molar-refractivity contribution in [3.8, 4) is 17.2 Å². The van der Waals surface area contributed by atoms with Crippen LogP contribution in [-0.4, -0.2) is 36.0 Å². The second-order valence-electron chi connectivity index (χ2n) is 7.61. The quantitative estimate of drug-likeness (QED) is 0.404. The molecule has 1 aliphatic rings. The van der Waals surface area contributed by atoms with Gasteiger partial charge in [0.05, 0.1) is 17.6 Å². The summed E-state index contributed by atoms with van der Waals surface area (Å²) >= 11 is 0. The number of nitro groups is 1. The Morgan fingerprint density at radius 1 is 1.09 bits per heavy atom. The van der Waals surface area contributed by atoms with Gasteiger partial charge >= 0.3 is 0 Å². The number of rotatable bonds is 8. The number of carbonyl (C=O) groups is 1. The maximum Gasteiger partial charge on any atom is 0.270 e. The van der Waals surface area contributed by atoms with Crippen molar-refractivity contribution in [2.45, 2.75) is 19.4 Å². The Kier molecular flexibility index (Phi) is 6.68. The Labute approximate surface area is 191 Å². The number of benzene rings is 2. The number of hydrogen-bond donors (Lipinski definition) is 1.